The molecule has 21 heavy (non-hydrogen) atoms. The molecule has 2 heterocycles. The Labute approximate surface area is 117 Å². The predicted octanol–water partition coefficient (Wildman–Crippen LogP) is 0.703. The van der Waals surface area contributed by atoms with Gasteiger partial charge in [-0.2, -0.15) is 13.2 Å². The fourth-order valence-electron chi connectivity index (χ4n) is 2.07. The van der Waals surface area contributed by atoms with Crippen LogP contribution in [0.25, 0.3) is 0 Å². The van der Waals surface area contributed by atoms with E-state index in [1.54, 1.807) is 0 Å². The number of amides is 1. The summed E-state index contributed by atoms with van der Waals surface area (Å²) in [4.78, 5) is 19.3. The van der Waals surface area contributed by atoms with Gasteiger partial charge in [0.15, 0.2) is 0 Å². The number of aliphatic hydroxyl groups is 1. The number of carboxylic acid groups (broad SMARTS) is 1. The normalized spacial score (nSPS) is 23.0. The number of carbonyl (C=O) groups is 1. The molecule has 0 bridgehead atoms. The number of halogens is 3. The van der Waals surface area contributed by atoms with E-state index in [-0.39, 0.29) is 12.5 Å². The van der Waals surface area contributed by atoms with Crippen LogP contribution in [0, 0.1) is 0 Å². The van der Waals surface area contributed by atoms with Crippen molar-refractivity contribution >= 4 is 12.0 Å². The third-order valence-corrected chi connectivity index (χ3v) is 3.14. The molecular formula is C11H13F3N4O3. The number of aliphatic hydroxyl groups excluding tert-OH is 1. The third-order valence-electron chi connectivity index (χ3n) is 3.14. The lowest BCUT2D eigenvalue weighted by Crippen LogP contribution is -2.54. The SMILES string of the molecule is O=C(O)NC1CCN(c2ncc(C(F)(F)F)cn2)CC1O. The minimum absolute atomic E-state index is 0.0380. The lowest BCUT2D eigenvalue weighted by molar-refractivity contribution is -0.138. The number of anilines is 1. The summed E-state index contributed by atoms with van der Waals surface area (Å²) in [7, 11) is 0. The lowest BCUT2D eigenvalue weighted by atomic mass is 10.0. The highest BCUT2D eigenvalue weighted by Crippen LogP contribution is 2.28. The first-order valence-electron chi connectivity index (χ1n) is 6.09. The predicted molar refractivity (Wildman–Crippen MR) is 64.8 cm³/mol. The fourth-order valence-corrected chi connectivity index (χ4v) is 2.07. The van der Waals surface area contributed by atoms with Gasteiger partial charge in [0.25, 0.3) is 0 Å². The molecule has 1 aromatic rings. The van der Waals surface area contributed by atoms with E-state index in [1.807, 2.05) is 0 Å². The summed E-state index contributed by atoms with van der Waals surface area (Å²) in [6.45, 7) is 0.365. The Morgan fingerprint density at radius 2 is 2.00 bits per heavy atom. The molecule has 1 saturated heterocycles. The minimum Gasteiger partial charge on any atom is -0.465 e. The Balaban J connectivity index is 2.02. The molecule has 0 aromatic carbocycles. The highest BCUT2D eigenvalue weighted by molar-refractivity contribution is 5.65. The van der Waals surface area contributed by atoms with Gasteiger partial charge in [-0.05, 0) is 6.42 Å². The van der Waals surface area contributed by atoms with Crippen LogP contribution in [-0.4, -0.2) is 51.5 Å². The number of nitrogens with one attached hydrogen (secondary N) is 1. The molecule has 2 atom stereocenters. The summed E-state index contributed by atoms with van der Waals surface area (Å²) in [5, 5.41) is 20.6. The van der Waals surface area contributed by atoms with Gasteiger partial charge in [-0.3, -0.25) is 0 Å². The van der Waals surface area contributed by atoms with Gasteiger partial charge in [-0.1, -0.05) is 0 Å². The Morgan fingerprint density at radius 1 is 1.38 bits per heavy atom. The van der Waals surface area contributed by atoms with Crippen LogP contribution in [0.4, 0.5) is 23.9 Å². The summed E-state index contributed by atoms with van der Waals surface area (Å²) >= 11 is 0. The number of aromatic nitrogens is 2. The standard InChI is InChI=1S/C11H13F3N4O3/c12-11(13,14)6-3-15-9(16-4-6)18-2-1-7(8(19)5-18)17-10(20)21/h3-4,7-8,17,19H,1-2,5H2,(H,20,21). The number of hydrogen-bond acceptors (Lipinski definition) is 5. The quantitative estimate of drug-likeness (QED) is 0.744. The molecule has 1 aliphatic rings. The Morgan fingerprint density at radius 3 is 2.48 bits per heavy atom. The van der Waals surface area contributed by atoms with Crippen molar-refractivity contribution in [1.82, 2.24) is 15.3 Å². The molecule has 7 nitrogen and oxygen atoms in total. The number of hydrogen-bond donors (Lipinski definition) is 3. The average Bonchev–Trinajstić information content (AvgIpc) is 2.40. The van der Waals surface area contributed by atoms with Gasteiger partial charge in [0, 0.05) is 25.5 Å². The third kappa shape index (κ3) is 3.72. The van der Waals surface area contributed by atoms with Crippen molar-refractivity contribution in [2.24, 2.45) is 0 Å². The summed E-state index contributed by atoms with van der Waals surface area (Å²) in [6, 6.07) is -0.617. The Kier molecular flexibility index (Phi) is 4.16. The first-order chi connectivity index (χ1) is 9.77. The van der Waals surface area contributed by atoms with E-state index in [2.05, 4.69) is 15.3 Å². The summed E-state index contributed by atoms with van der Waals surface area (Å²) in [5.74, 6) is 0.0656. The molecule has 1 amide bonds. The molecule has 0 spiro atoms. The van der Waals surface area contributed by atoms with Gasteiger partial charge in [0.1, 0.15) is 0 Å². The molecule has 3 N–H and O–H groups in total. The van der Waals surface area contributed by atoms with Gasteiger partial charge >= 0.3 is 12.3 Å². The van der Waals surface area contributed by atoms with Gasteiger partial charge in [-0.15, -0.1) is 0 Å². The van der Waals surface area contributed by atoms with E-state index in [0.29, 0.717) is 25.4 Å². The van der Waals surface area contributed by atoms with Crippen molar-refractivity contribution < 1.29 is 28.2 Å². The molecule has 0 radical (unpaired) electrons. The molecule has 2 unspecified atom stereocenters. The number of piperidine rings is 1. The molecule has 0 saturated carbocycles. The van der Waals surface area contributed by atoms with Crippen LogP contribution in [-0.2, 0) is 6.18 Å². The van der Waals surface area contributed by atoms with E-state index >= 15 is 0 Å². The van der Waals surface area contributed by atoms with Gasteiger partial charge in [-0.25, -0.2) is 14.8 Å². The maximum Gasteiger partial charge on any atom is 0.419 e. The van der Waals surface area contributed by atoms with E-state index in [0.717, 1.165) is 0 Å². The van der Waals surface area contributed by atoms with Crippen LogP contribution in [0.5, 0.6) is 0 Å². The number of β-amino-alcohol motifs (C(OH)–C–C–N with tert-alkyl or cyclic N) is 1. The average molecular weight is 306 g/mol. The van der Waals surface area contributed by atoms with E-state index in [9.17, 15) is 23.1 Å². The second-order valence-corrected chi connectivity index (χ2v) is 4.63. The van der Waals surface area contributed by atoms with E-state index in [1.165, 1.54) is 4.90 Å². The highest BCUT2D eigenvalue weighted by atomic mass is 19.4. The first-order valence-corrected chi connectivity index (χ1v) is 6.09. The van der Waals surface area contributed by atoms with Crippen molar-refractivity contribution in [3.8, 4) is 0 Å². The van der Waals surface area contributed by atoms with Crippen LogP contribution < -0.4 is 10.2 Å². The van der Waals surface area contributed by atoms with Crippen LogP contribution in [0.15, 0.2) is 12.4 Å². The molecule has 1 aromatic heterocycles. The zero-order chi connectivity index (χ0) is 15.6. The molecule has 1 fully saturated rings. The largest absolute Gasteiger partial charge is 0.465 e. The van der Waals surface area contributed by atoms with Crippen LogP contribution in [0.1, 0.15) is 12.0 Å². The smallest absolute Gasteiger partial charge is 0.419 e. The Bertz CT molecular complexity index is 508. The van der Waals surface area contributed by atoms with Gasteiger partial charge in [0.2, 0.25) is 5.95 Å². The molecular weight excluding hydrogens is 293 g/mol. The number of alkyl halides is 3. The van der Waals surface area contributed by atoms with Gasteiger partial charge in [0.05, 0.1) is 17.7 Å². The molecule has 10 heteroatoms. The molecule has 0 aliphatic carbocycles. The number of rotatable bonds is 2. The highest BCUT2D eigenvalue weighted by Gasteiger charge is 2.33. The van der Waals surface area contributed by atoms with Gasteiger partial charge < -0.3 is 20.4 Å². The zero-order valence-electron chi connectivity index (χ0n) is 10.7. The molecule has 116 valence electrons. The topological polar surface area (TPSA) is 98.6 Å². The minimum atomic E-state index is -4.50. The van der Waals surface area contributed by atoms with Crippen molar-refractivity contribution in [2.75, 3.05) is 18.0 Å². The lowest BCUT2D eigenvalue weighted by Gasteiger charge is -2.35. The van der Waals surface area contributed by atoms with Crippen LogP contribution in [0.2, 0.25) is 0 Å². The summed E-state index contributed by atoms with van der Waals surface area (Å²) in [5.41, 5.74) is -0.950. The van der Waals surface area contributed by atoms with Crippen molar-refractivity contribution in [2.45, 2.75) is 24.7 Å². The second kappa shape index (κ2) is 5.72. The van der Waals surface area contributed by atoms with Crippen molar-refractivity contribution in [3.05, 3.63) is 18.0 Å². The summed E-state index contributed by atoms with van der Waals surface area (Å²) in [6.07, 6.45) is -5.07. The fraction of sp³-hybridized carbons (Fsp3) is 0.545. The van der Waals surface area contributed by atoms with E-state index in [4.69, 9.17) is 5.11 Å². The Hall–Kier alpha value is -2.10. The number of nitrogens with zero attached hydrogens (tertiary/aromatic N) is 3. The van der Waals surface area contributed by atoms with Crippen LogP contribution in [0.3, 0.4) is 0 Å². The van der Waals surface area contributed by atoms with E-state index < -0.39 is 30.0 Å². The maximum atomic E-state index is 12.4. The second-order valence-electron chi connectivity index (χ2n) is 4.63. The first kappa shape index (κ1) is 15.3. The summed E-state index contributed by atoms with van der Waals surface area (Å²) < 4.78 is 37.2. The molecule has 2 rings (SSSR count). The zero-order valence-corrected chi connectivity index (χ0v) is 10.7. The molecule has 1 aliphatic heterocycles. The maximum absolute atomic E-state index is 12.4. The monoisotopic (exact) mass is 306 g/mol. The van der Waals surface area contributed by atoms with Crippen molar-refractivity contribution in [1.29, 1.82) is 0 Å². The van der Waals surface area contributed by atoms with Crippen LogP contribution >= 0.6 is 0 Å². The van der Waals surface area contributed by atoms with Crippen molar-refractivity contribution in [3.63, 3.8) is 0 Å².